The Hall–Kier alpha value is -3.86. The van der Waals surface area contributed by atoms with E-state index in [2.05, 4.69) is 15.3 Å². The molecule has 9 nitrogen and oxygen atoms in total. The van der Waals surface area contributed by atoms with E-state index >= 15 is 0 Å². The van der Waals surface area contributed by atoms with Gasteiger partial charge in [-0.25, -0.2) is 13.6 Å². The Morgan fingerprint density at radius 3 is 1.95 bits per heavy atom. The van der Waals surface area contributed by atoms with E-state index in [0.29, 0.717) is 35.3 Å². The molecule has 188 valence electrons. The summed E-state index contributed by atoms with van der Waals surface area (Å²) in [4.78, 5) is 34.2. The maximum atomic E-state index is 13.5. The molecule has 2 amide bonds. The highest BCUT2D eigenvalue weighted by atomic mass is 35.5. The monoisotopic (exact) mass is 555 g/mol. The van der Waals surface area contributed by atoms with Crippen molar-refractivity contribution in [2.24, 2.45) is 0 Å². The van der Waals surface area contributed by atoms with Gasteiger partial charge in [-0.1, -0.05) is 59.6 Å². The van der Waals surface area contributed by atoms with Crippen LogP contribution < -0.4 is 5.32 Å². The summed E-state index contributed by atoms with van der Waals surface area (Å²) in [6, 6.07) is 20.2. The summed E-state index contributed by atoms with van der Waals surface area (Å²) < 4.78 is 28.4. The van der Waals surface area contributed by atoms with Gasteiger partial charge in [0.05, 0.1) is 24.1 Å². The zero-order valence-corrected chi connectivity index (χ0v) is 21.4. The molecule has 1 aliphatic heterocycles. The molecule has 5 rings (SSSR count). The SMILES string of the molecule is O=C1C(=CNc2nc3ccccc3[nH]2)C(=O)N(Cc2cccc(Cl)c2)S(=O)(=O)N1Cc1cccc(Cl)c1. The second-order valence-corrected chi connectivity index (χ2v) is 10.8. The first-order chi connectivity index (χ1) is 17.7. The van der Waals surface area contributed by atoms with Crippen LogP contribution in [-0.4, -0.2) is 38.8 Å². The molecule has 1 fully saturated rings. The van der Waals surface area contributed by atoms with Crippen molar-refractivity contribution < 1.29 is 18.0 Å². The Morgan fingerprint density at radius 2 is 1.41 bits per heavy atom. The average molecular weight is 556 g/mol. The smallest absolute Gasteiger partial charge is 0.331 e. The third kappa shape index (κ3) is 5.04. The van der Waals surface area contributed by atoms with Gasteiger partial charge >= 0.3 is 10.2 Å². The molecule has 1 aromatic heterocycles. The van der Waals surface area contributed by atoms with E-state index in [1.807, 2.05) is 18.2 Å². The second-order valence-electron chi connectivity index (χ2n) is 8.20. The van der Waals surface area contributed by atoms with E-state index in [1.165, 1.54) is 0 Å². The molecule has 0 aliphatic carbocycles. The largest absolute Gasteiger partial charge is 0.331 e. The van der Waals surface area contributed by atoms with Gasteiger partial charge < -0.3 is 10.3 Å². The van der Waals surface area contributed by atoms with Gasteiger partial charge in [-0.05, 0) is 47.5 Å². The number of carbonyl (C=O) groups is 2. The molecule has 1 aliphatic rings. The molecule has 3 aromatic carbocycles. The van der Waals surface area contributed by atoms with Crippen LogP contribution >= 0.6 is 23.2 Å². The lowest BCUT2D eigenvalue weighted by Crippen LogP contribution is -2.55. The number of hydrogen-bond acceptors (Lipinski definition) is 6. The summed E-state index contributed by atoms with van der Waals surface area (Å²) in [7, 11) is -4.53. The summed E-state index contributed by atoms with van der Waals surface area (Å²) in [5, 5.41) is 3.58. The summed E-state index contributed by atoms with van der Waals surface area (Å²) >= 11 is 12.1. The van der Waals surface area contributed by atoms with Crippen molar-refractivity contribution in [1.82, 2.24) is 18.6 Å². The van der Waals surface area contributed by atoms with Gasteiger partial charge in [0.25, 0.3) is 11.8 Å². The van der Waals surface area contributed by atoms with Crippen molar-refractivity contribution in [3.05, 3.63) is 106 Å². The number of aromatic nitrogens is 2. The van der Waals surface area contributed by atoms with Gasteiger partial charge in [0.2, 0.25) is 5.95 Å². The lowest BCUT2D eigenvalue weighted by molar-refractivity contribution is -0.132. The maximum Gasteiger partial charge on any atom is 0.331 e. The standard InChI is InChI=1S/C25H19Cl2N5O4S/c26-18-7-3-5-16(11-18)14-31-23(33)20(13-28-25-29-21-9-1-2-10-22(21)30-25)24(34)32(37(31,35)36)15-17-6-4-8-19(27)12-17/h1-13H,14-15H2,(H2,28,29,30). The van der Waals surface area contributed by atoms with Crippen molar-refractivity contribution in [2.75, 3.05) is 5.32 Å². The van der Waals surface area contributed by atoms with Crippen molar-refractivity contribution in [2.45, 2.75) is 13.1 Å². The fraction of sp³-hybridized carbons (Fsp3) is 0.0800. The summed E-state index contributed by atoms with van der Waals surface area (Å²) in [5.41, 5.74) is 2.01. The highest BCUT2D eigenvalue weighted by Crippen LogP contribution is 2.28. The first-order valence-corrected chi connectivity index (χ1v) is 13.2. The van der Waals surface area contributed by atoms with Crippen molar-refractivity contribution in [3.63, 3.8) is 0 Å². The van der Waals surface area contributed by atoms with Gasteiger partial charge in [0, 0.05) is 16.2 Å². The zero-order chi connectivity index (χ0) is 26.2. The number of carbonyl (C=O) groups excluding carboxylic acids is 2. The van der Waals surface area contributed by atoms with Gasteiger partial charge in [-0.2, -0.15) is 8.42 Å². The van der Waals surface area contributed by atoms with Crippen LogP contribution in [-0.2, 0) is 32.9 Å². The quantitative estimate of drug-likeness (QED) is 0.267. The first kappa shape index (κ1) is 24.8. The summed E-state index contributed by atoms with van der Waals surface area (Å²) in [6.07, 6.45) is 1.16. The Morgan fingerprint density at radius 1 is 0.838 bits per heavy atom. The van der Waals surface area contributed by atoms with Crippen molar-refractivity contribution >= 4 is 62.2 Å². The lowest BCUT2D eigenvalue weighted by Gasteiger charge is -2.35. The molecule has 0 spiro atoms. The third-order valence-corrected chi connectivity index (χ3v) is 7.82. The maximum absolute atomic E-state index is 13.5. The number of amides is 2. The topological polar surface area (TPSA) is 115 Å². The van der Waals surface area contributed by atoms with Gasteiger partial charge in [-0.15, -0.1) is 0 Å². The minimum Gasteiger partial charge on any atom is -0.331 e. The first-order valence-electron chi connectivity index (χ1n) is 11.0. The molecule has 12 heteroatoms. The van der Waals surface area contributed by atoms with Crippen LogP contribution in [0.4, 0.5) is 5.95 Å². The molecule has 1 saturated heterocycles. The minimum absolute atomic E-state index is 0.283. The van der Waals surface area contributed by atoms with Crippen LogP contribution in [0.3, 0.4) is 0 Å². The number of nitrogens with zero attached hydrogens (tertiary/aromatic N) is 3. The second kappa shape index (κ2) is 9.89. The number of H-pyrrole nitrogens is 1. The molecule has 0 radical (unpaired) electrons. The Kier molecular flexibility index (Phi) is 6.63. The number of hydrogen-bond donors (Lipinski definition) is 2. The van der Waals surface area contributed by atoms with E-state index in [9.17, 15) is 18.0 Å². The number of imidazole rings is 1. The predicted octanol–water partition coefficient (Wildman–Crippen LogP) is 4.48. The van der Waals surface area contributed by atoms with E-state index in [0.717, 1.165) is 11.7 Å². The van der Waals surface area contributed by atoms with Gasteiger partial charge in [0.15, 0.2) is 0 Å². The van der Waals surface area contributed by atoms with Gasteiger partial charge in [0.1, 0.15) is 5.57 Å². The molecule has 0 saturated carbocycles. The highest BCUT2D eigenvalue weighted by Gasteiger charge is 2.46. The van der Waals surface area contributed by atoms with Crippen LogP contribution in [0.1, 0.15) is 11.1 Å². The lowest BCUT2D eigenvalue weighted by atomic mass is 10.2. The fourth-order valence-corrected chi connectivity index (χ4v) is 5.79. The molecular formula is C25H19Cl2N5O4S. The number of fused-ring (bicyclic) bond motifs is 1. The number of aromatic amines is 1. The van der Waals surface area contributed by atoms with Crippen LogP contribution in [0.25, 0.3) is 11.0 Å². The van der Waals surface area contributed by atoms with E-state index in [1.54, 1.807) is 54.6 Å². The molecule has 2 heterocycles. The van der Waals surface area contributed by atoms with Crippen molar-refractivity contribution in [1.29, 1.82) is 0 Å². The van der Waals surface area contributed by atoms with Gasteiger partial charge in [-0.3, -0.25) is 9.59 Å². The number of benzene rings is 3. The van der Waals surface area contributed by atoms with Crippen molar-refractivity contribution in [3.8, 4) is 0 Å². The number of anilines is 1. The predicted molar refractivity (Wildman–Crippen MR) is 141 cm³/mol. The molecule has 0 unspecified atom stereocenters. The number of halogens is 2. The van der Waals surface area contributed by atoms with E-state index in [4.69, 9.17) is 23.2 Å². The number of para-hydroxylation sites is 2. The Bertz CT molecular complexity index is 1560. The summed E-state index contributed by atoms with van der Waals surface area (Å²) in [5.74, 6) is -1.67. The average Bonchev–Trinajstić information content (AvgIpc) is 3.28. The molecular weight excluding hydrogens is 537 g/mol. The summed E-state index contributed by atoms with van der Waals surface area (Å²) in [6.45, 7) is -0.633. The minimum atomic E-state index is -4.53. The Balaban J connectivity index is 1.53. The van der Waals surface area contributed by atoms with Crippen LogP contribution in [0.5, 0.6) is 0 Å². The molecule has 37 heavy (non-hydrogen) atoms. The number of nitrogens with one attached hydrogen (secondary N) is 2. The highest BCUT2D eigenvalue weighted by molar-refractivity contribution is 7.88. The molecule has 0 bridgehead atoms. The Labute approximate surface area is 222 Å². The fourth-order valence-electron chi connectivity index (χ4n) is 3.88. The third-order valence-electron chi connectivity index (χ3n) is 5.64. The normalized spacial score (nSPS) is 15.4. The van der Waals surface area contributed by atoms with Crippen LogP contribution in [0, 0.1) is 0 Å². The van der Waals surface area contributed by atoms with Crippen LogP contribution in [0.15, 0.2) is 84.6 Å². The molecule has 4 aromatic rings. The van der Waals surface area contributed by atoms with Crippen LogP contribution in [0.2, 0.25) is 10.0 Å². The van der Waals surface area contributed by atoms with E-state index in [-0.39, 0.29) is 24.6 Å². The zero-order valence-electron chi connectivity index (χ0n) is 19.1. The molecule has 2 N–H and O–H groups in total. The number of rotatable bonds is 6. The van der Waals surface area contributed by atoms with E-state index < -0.39 is 22.0 Å². The molecule has 0 atom stereocenters.